The minimum absolute atomic E-state index is 0.0708. The molecule has 0 unspecified atom stereocenters. The van der Waals surface area contributed by atoms with Crippen molar-refractivity contribution in [3.63, 3.8) is 0 Å². The molecule has 0 aliphatic carbocycles. The number of sulfonamides is 1. The van der Waals surface area contributed by atoms with E-state index in [0.29, 0.717) is 0 Å². The molecule has 0 aliphatic heterocycles. The lowest BCUT2D eigenvalue weighted by atomic mass is 10.4. The van der Waals surface area contributed by atoms with Crippen LogP contribution in [0.3, 0.4) is 0 Å². The van der Waals surface area contributed by atoms with Gasteiger partial charge in [-0.15, -0.1) is 0 Å². The molecule has 0 aromatic carbocycles. The van der Waals surface area contributed by atoms with Gasteiger partial charge < -0.3 is 5.73 Å². The predicted octanol–water partition coefficient (Wildman–Crippen LogP) is -0.770. The first-order valence-corrected chi connectivity index (χ1v) is 4.33. The van der Waals surface area contributed by atoms with Gasteiger partial charge in [0.25, 0.3) is 0 Å². The van der Waals surface area contributed by atoms with Crippen LogP contribution in [0.5, 0.6) is 0 Å². The van der Waals surface area contributed by atoms with Crippen molar-refractivity contribution in [1.82, 2.24) is 4.72 Å². The molecule has 0 bridgehead atoms. The maximum Gasteiger partial charge on any atom is 0.224 e. The Morgan fingerprint density at radius 2 is 2.00 bits per heavy atom. The van der Waals surface area contributed by atoms with Gasteiger partial charge in [-0.05, 0) is 13.8 Å². The molecule has 0 saturated heterocycles. The molecule has 0 atom stereocenters. The van der Waals surface area contributed by atoms with E-state index >= 15 is 0 Å². The van der Waals surface area contributed by atoms with Crippen molar-refractivity contribution in [3.05, 3.63) is 0 Å². The molecule has 0 aromatic heterocycles. The van der Waals surface area contributed by atoms with Gasteiger partial charge in [0, 0.05) is 6.04 Å². The fourth-order valence-corrected chi connectivity index (χ4v) is 1.22. The van der Waals surface area contributed by atoms with Crippen LogP contribution in [0.15, 0.2) is 0 Å². The van der Waals surface area contributed by atoms with Crippen molar-refractivity contribution in [3.8, 4) is 0 Å². The summed E-state index contributed by atoms with van der Waals surface area (Å²) in [4.78, 5) is 0. The molecule has 0 rings (SSSR count). The van der Waals surface area contributed by atoms with Crippen LogP contribution in [-0.2, 0) is 10.0 Å². The molecule has 3 N–H and O–H groups in total. The molecule has 4 nitrogen and oxygen atoms in total. The Morgan fingerprint density at radius 3 is 2.11 bits per heavy atom. The summed E-state index contributed by atoms with van der Waals surface area (Å²) in [6.07, 6.45) is 0. The first-order valence-electron chi connectivity index (χ1n) is 2.68. The quantitative estimate of drug-likeness (QED) is 0.558. The highest BCUT2D eigenvalue weighted by Crippen LogP contribution is 1.82. The largest absolute Gasteiger partial charge is 0.317 e. The van der Waals surface area contributed by atoms with E-state index in [1.165, 1.54) is 0 Å². The average Bonchev–Trinajstić information content (AvgIpc) is 1.63. The lowest BCUT2D eigenvalue weighted by Crippen LogP contribution is -2.34. The Balaban J connectivity index is 3.90. The number of hydrogen-bond donors (Lipinski definition) is 2. The van der Waals surface area contributed by atoms with Crippen LogP contribution in [0.4, 0.5) is 0 Å². The number of rotatable bonds is 3. The zero-order valence-corrected chi connectivity index (χ0v) is 6.40. The summed E-state index contributed by atoms with van der Waals surface area (Å²) >= 11 is 0. The molecule has 5 heteroatoms. The van der Waals surface area contributed by atoms with Crippen molar-refractivity contribution < 1.29 is 8.42 Å². The molecule has 0 spiro atoms. The number of nitrogens with two attached hydrogens (primary N) is 1. The highest BCUT2D eigenvalue weighted by Gasteiger charge is 2.06. The molecule has 0 aromatic rings. The van der Waals surface area contributed by atoms with Crippen LogP contribution in [0, 0.1) is 0 Å². The van der Waals surface area contributed by atoms with E-state index < -0.39 is 10.0 Å². The zero-order chi connectivity index (χ0) is 7.49. The lowest BCUT2D eigenvalue weighted by Gasteiger charge is -2.05. The third-order valence-corrected chi connectivity index (χ3v) is 1.90. The van der Waals surface area contributed by atoms with Gasteiger partial charge in [0.05, 0.1) is 0 Å². The highest BCUT2D eigenvalue weighted by atomic mass is 32.2. The van der Waals surface area contributed by atoms with E-state index in [-0.39, 0.29) is 11.9 Å². The SMILES string of the molecule is CC(C)NS(=O)(=O)CN. The number of hydrogen-bond acceptors (Lipinski definition) is 3. The highest BCUT2D eigenvalue weighted by molar-refractivity contribution is 7.89. The molecule has 0 heterocycles. The van der Waals surface area contributed by atoms with E-state index in [1.54, 1.807) is 13.8 Å². The Kier molecular flexibility index (Phi) is 3.10. The fourth-order valence-electron chi connectivity index (χ4n) is 0.407. The average molecular weight is 152 g/mol. The summed E-state index contributed by atoms with van der Waals surface area (Å²) in [5, 5.41) is 0. The van der Waals surface area contributed by atoms with Gasteiger partial charge in [0.2, 0.25) is 10.0 Å². The summed E-state index contributed by atoms with van der Waals surface area (Å²) in [7, 11) is -3.19. The van der Waals surface area contributed by atoms with E-state index in [0.717, 1.165) is 0 Å². The topological polar surface area (TPSA) is 72.2 Å². The maximum absolute atomic E-state index is 10.6. The van der Waals surface area contributed by atoms with Gasteiger partial charge in [-0.3, -0.25) is 0 Å². The van der Waals surface area contributed by atoms with Crippen molar-refractivity contribution >= 4 is 10.0 Å². The summed E-state index contributed by atoms with van der Waals surface area (Å²) in [6.45, 7) is 3.49. The van der Waals surface area contributed by atoms with E-state index in [2.05, 4.69) is 4.72 Å². The Labute approximate surface area is 55.5 Å². The Bertz CT molecular complexity index is 161. The van der Waals surface area contributed by atoms with Gasteiger partial charge in [0.1, 0.15) is 5.88 Å². The van der Waals surface area contributed by atoms with Gasteiger partial charge in [-0.1, -0.05) is 0 Å². The fraction of sp³-hybridized carbons (Fsp3) is 1.00. The molecule has 0 aliphatic rings. The maximum atomic E-state index is 10.6. The molecule has 0 amide bonds. The third-order valence-electron chi connectivity index (χ3n) is 0.635. The molecular weight excluding hydrogens is 140 g/mol. The molecule has 56 valence electrons. The minimum Gasteiger partial charge on any atom is -0.317 e. The molecular formula is C4H12N2O2S. The van der Waals surface area contributed by atoms with Gasteiger partial charge in [0.15, 0.2) is 0 Å². The number of nitrogens with one attached hydrogen (secondary N) is 1. The summed E-state index contributed by atoms with van der Waals surface area (Å²) < 4.78 is 23.5. The smallest absolute Gasteiger partial charge is 0.224 e. The first kappa shape index (κ1) is 8.87. The van der Waals surface area contributed by atoms with Gasteiger partial charge >= 0.3 is 0 Å². The standard InChI is InChI=1S/C4H12N2O2S/c1-4(2)6-9(7,8)3-5/h4,6H,3,5H2,1-2H3. The van der Waals surface area contributed by atoms with Crippen LogP contribution < -0.4 is 10.5 Å². The zero-order valence-electron chi connectivity index (χ0n) is 5.59. The summed E-state index contributed by atoms with van der Waals surface area (Å²) in [5.41, 5.74) is 4.90. The van der Waals surface area contributed by atoms with Crippen LogP contribution >= 0.6 is 0 Å². The Hall–Kier alpha value is -0.130. The second kappa shape index (κ2) is 3.14. The molecule has 0 radical (unpaired) electrons. The third kappa shape index (κ3) is 4.38. The summed E-state index contributed by atoms with van der Waals surface area (Å²) in [6, 6.07) is -0.0708. The second-order valence-electron chi connectivity index (χ2n) is 2.05. The van der Waals surface area contributed by atoms with E-state index in [4.69, 9.17) is 5.73 Å². The Morgan fingerprint density at radius 1 is 1.56 bits per heavy atom. The van der Waals surface area contributed by atoms with Crippen LogP contribution in [0.25, 0.3) is 0 Å². The predicted molar refractivity (Wildman–Crippen MR) is 36.2 cm³/mol. The first-order chi connectivity index (χ1) is 3.98. The van der Waals surface area contributed by atoms with Crippen molar-refractivity contribution in [2.24, 2.45) is 5.73 Å². The lowest BCUT2D eigenvalue weighted by molar-refractivity contribution is 0.570. The normalized spacial score (nSPS) is 12.4. The van der Waals surface area contributed by atoms with Gasteiger partial charge in [-0.2, -0.15) is 0 Å². The second-order valence-corrected chi connectivity index (χ2v) is 3.85. The van der Waals surface area contributed by atoms with Crippen molar-refractivity contribution in [2.45, 2.75) is 19.9 Å². The molecule has 0 fully saturated rings. The van der Waals surface area contributed by atoms with E-state index in [9.17, 15) is 8.42 Å². The van der Waals surface area contributed by atoms with Crippen LogP contribution in [0.2, 0.25) is 0 Å². The minimum atomic E-state index is -3.19. The molecule has 9 heavy (non-hydrogen) atoms. The van der Waals surface area contributed by atoms with Crippen LogP contribution in [-0.4, -0.2) is 20.3 Å². The molecule has 0 saturated carbocycles. The summed E-state index contributed by atoms with van der Waals surface area (Å²) in [5.74, 6) is -0.342. The van der Waals surface area contributed by atoms with Crippen molar-refractivity contribution in [2.75, 3.05) is 5.88 Å². The monoisotopic (exact) mass is 152 g/mol. The van der Waals surface area contributed by atoms with Crippen molar-refractivity contribution in [1.29, 1.82) is 0 Å². The van der Waals surface area contributed by atoms with Gasteiger partial charge in [-0.25, -0.2) is 13.1 Å². The van der Waals surface area contributed by atoms with E-state index in [1.807, 2.05) is 0 Å². The van der Waals surface area contributed by atoms with Crippen LogP contribution in [0.1, 0.15) is 13.8 Å².